The summed E-state index contributed by atoms with van der Waals surface area (Å²) >= 11 is 0. The largest absolute Gasteiger partial charge is 0.389 e. The molecule has 0 aromatic rings. The molecule has 1 N–H and O–H groups in total. The molecule has 0 heterocycles. The predicted molar refractivity (Wildman–Crippen MR) is 63.8 cm³/mol. The molecule has 1 spiro atoms. The third-order valence-electron chi connectivity index (χ3n) is 7.09. The molecular weight excluding hydrogens is 196 g/mol. The predicted octanol–water partition coefficient (Wildman–Crippen LogP) is 3.00. The number of rotatable bonds is 0. The minimum Gasteiger partial charge on any atom is -0.389 e. The standard InChI is InChI=1S/C15H22O/c1-8-10(16)7-11-14(4)6-5-9-12(13(9,2)3)15(8,11)14/h9-12,16H,1,5-7H2,2-4H3/t9?,10-,11-,12?,14-,15?/m0/s1. The van der Waals surface area contributed by atoms with Gasteiger partial charge in [-0.3, -0.25) is 0 Å². The van der Waals surface area contributed by atoms with E-state index in [4.69, 9.17) is 0 Å². The maximum absolute atomic E-state index is 10.1. The smallest absolute Gasteiger partial charge is 0.0756 e. The maximum Gasteiger partial charge on any atom is 0.0756 e. The number of hydrogen-bond acceptors (Lipinski definition) is 1. The molecule has 16 heavy (non-hydrogen) atoms. The average molecular weight is 218 g/mol. The fourth-order valence-electron chi connectivity index (χ4n) is 6.28. The Hall–Kier alpha value is -0.300. The molecule has 1 heteroatoms. The summed E-state index contributed by atoms with van der Waals surface area (Å²) in [5.74, 6) is 2.49. The SMILES string of the molecule is C=C1[C@@H](O)C[C@@H]2C13C1C(CC[C@@]23C)C1(C)C. The van der Waals surface area contributed by atoms with Gasteiger partial charge in [0.25, 0.3) is 0 Å². The van der Waals surface area contributed by atoms with E-state index in [1.807, 2.05) is 0 Å². The Bertz CT molecular complexity index is 410. The van der Waals surface area contributed by atoms with E-state index in [0.717, 1.165) is 24.2 Å². The molecule has 0 bridgehead atoms. The Labute approximate surface area is 97.9 Å². The van der Waals surface area contributed by atoms with Crippen molar-refractivity contribution in [1.29, 1.82) is 0 Å². The van der Waals surface area contributed by atoms with Gasteiger partial charge in [0.2, 0.25) is 0 Å². The van der Waals surface area contributed by atoms with E-state index in [1.165, 1.54) is 18.4 Å². The highest BCUT2D eigenvalue weighted by Crippen LogP contribution is 2.93. The Balaban J connectivity index is 1.85. The first-order valence-electron chi connectivity index (χ1n) is 6.76. The van der Waals surface area contributed by atoms with E-state index in [2.05, 4.69) is 27.4 Å². The van der Waals surface area contributed by atoms with Gasteiger partial charge in [-0.15, -0.1) is 0 Å². The van der Waals surface area contributed by atoms with Crippen molar-refractivity contribution in [2.45, 2.75) is 46.1 Å². The molecule has 88 valence electrons. The molecule has 0 saturated heterocycles. The summed E-state index contributed by atoms with van der Waals surface area (Å²) in [5, 5.41) is 10.1. The van der Waals surface area contributed by atoms with E-state index < -0.39 is 0 Å². The second-order valence-corrected chi connectivity index (χ2v) is 7.56. The van der Waals surface area contributed by atoms with Crippen LogP contribution in [0.15, 0.2) is 12.2 Å². The Morgan fingerprint density at radius 3 is 2.69 bits per heavy atom. The highest BCUT2D eigenvalue weighted by Gasteiger charge is 2.89. The van der Waals surface area contributed by atoms with Crippen molar-refractivity contribution in [2.75, 3.05) is 0 Å². The third kappa shape index (κ3) is 0.641. The van der Waals surface area contributed by atoms with Gasteiger partial charge in [-0.1, -0.05) is 27.4 Å². The van der Waals surface area contributed by atoms with E-state index in [-0.39, 0.29) is 6.10 Å². The van der Waals surface area contributed by atoms with Crippen molar-refractivity contribution < 1.29 is 5.11 Å². The van der Waals surface area contributed by atoms with E-state index >= 15 is 0 Å². The van der Waals surface area contributed by atoms with Crippen LogP contribution >= 0.6 is 0 Å². The molecule has 0 radical (unpaired) electrons. The molecule has 4 aliphatic rings. The third-order valence-corrected chi connectivity index (χ3v) is 7.09. The van der Waals surface area contributed by atoms with E-state index in [0.29, 0.717) is 16.2 Å². The molecule has 4 rings (SSSR count). The van der Waals surface area contributed by atoms with Gasteiger partial charge in [0.15, 0.2) is 0 Å². The minimum absolute atomic E-state index is 0.201. The van der Waals surface area contributed by atoms with Crippen LogP contribution in [0.2, 0.25) is 0 Å². The van der Waals surface area contributed by atoms with Crippen molar-refractivity contribution in [1.82, 2.24) is 0 Å². The molecule has 3 unspecified atom stereocenters. The summed E-state index contributed by atoms with van der Waals surface area (Å²) in [5.41, 5.74) is 2.55. The lowest BCUT2D eigenvalue weighted by atomic mass is 9.74. The second-order valence-electron chi connectivity index (χ2n) is 7.56. The minimum atomic E-state index is -0.201. The van der Waals surface area contributed by atoms with Gasteiger partial charge in [0.05, 0.1) is 6.10 Å². The molecular formula is C15H22O. The Morgan fingerprint density at radius 2 is 2.00 bits per heavy atom. The van der Waals surface area contributed by atoms with Crippen LogP contribution in [0.4, 0.5) is 0 Å². The van der Waals surface area contributed by atoms with Crippen molar-refractivity contribution in [2.24, 2.45) is 34.0 Å². The number of fused-ring (bicyclic) bond motifs is 2. The summed E-state index contributed by atoms with van der Waals surface area (Å²) < 4.78 is 0. The first kappa shape index (κ1) is 9.70. The van der Waals surface area contributed by atoms with Gasteiger partial charge in [0, 0.05) is 5.41 Å². The normalized spacial score (nSPS) is 64.6. The van der Waals surface area contributed by atoms with Gasteiger partial charge >= 0.3 is 0 Å². The number of aliphatic hydroxyl groups excluding tert-OH is 1. The molecule has 0 aromatic carbocycles. The van der Waals surface area contributed by atoms with Gasteiger partial charge in [0.1, 0.15) is 0 Å². The average Bonchev–Trinajstić information content (AvgIpc) is 2.91. The lowest BCUT2D eigenvalue weighted by Crippen LogP contribution is -2.26. The van der Waals surface area contributed by atoms with E-state index in [1.54, 1.807) is 0 Å². The van der Waals surface area contributed by atoms with E-state index in [9.17, 15) is 5.11 Å². The molecule has 4 aliphatic carbocycles. The molecule has 6 atom stereocenters. The lowest BCUT2D eigenvalue weighted by Gasteiger charge is -2.31. The van der Waals surface area contributed by atoms with Crippen LogP contribution in [0.25, 0.3) is 0 Å². The zero-order chi connectivity index (χ0) is 11.5. The topological polar surface area (TPSA) is 20.2 Å². The van der Waals surface area contributed by atoms with Crippen molar-refractivity contribution in [3.8, 4) is 0 Å². The number of hydrogen-bond donors (Lipinski definition) is 1. The highest BCUT2D eigenvalue weighted by atomic mass is 16.3. The molecule has 1 nitrogen and oxygen atoms in total. The van der Waals surface area contributed by atoms with Crippen LogP contribution in [0.1, 0.15) is 40.0 Å². The van der Waals surface area contributed by atoms with Crippen molar-refractivity contribution in [3.05, 3.63) is 12.2 Å². The molecule has 4 fully saturated rings. The fraction of sp³-hybridized carbons (Fsp3) is 0.867. The lowest BCUT2D eigenvalue weighted by molar-refractivity contribution is 0.163. The summed E-state index contributed by atoms with van der Waals surface area (Å²) in [4.78, 5) is 0. The Morgan fingerprint density at radius 1 is 1.31 bits per heavy atom. The highest BCUT2D eigenvalue weighted by molar-refractivity contribution is 5.47. The first-order valence-corrected chi connectivity index (χ1v) is 6.76. The summed E-state index contributed by atoms with van der Waals surface area (Å²) in [7, 11) is 0. The fourth-order valence-corrected chi connectivity index (χ4v) is 6.28. The maximum atomic E-state index is 10.1. The van der Waals surface area contributed by atoms with Gasteiger partial charge in [-0.2, -0.15) is 0 Å². The van der Waals surface area contributed by atoms with Crippen LogP contribution in [-0.2, 0) is 0 Å². The molecule has 4 saturated carbocycles. The Kier molecular flexibility index (Phi) is 1.31. The number of aliphatic hydroxyl groups is 1. The van der Waals surface area contributed by atoms with Crippen LogP contribution < -0.4 is 0 Å². The quantitative estimate of drug-likeness (QED) is 0.620. The van der Waals surface area contributed by atoms with Crippen LogP contribution in [0.5, 0.6) is 0 Å². The summed E-state index contributed by atoms with van der Waals surface area (Å²) in [6, 6.07) is 0. The summed E-state index contributed by atoms with van der Waals surface area (Å²) in [6.07, 6.45) is 3.58. The second kappa shape index (κ2) is 2.16. The molecule has 0 aliphatic heterocycles. The monoisotopic (exact) mass is 218 g/mol. The van der Waals surface area contributed by atoms with Crippen LogP contribution in [0.3, 0.4) is 0 Å². The van der Waals surface area contributed by atoms with Crippen LogP contribution in [-0.4, -0.2) is 11.2 Å². The van der Waals surface area contributed by atoms with Crippen molar-refractivity contribution in [3.63, 3.8) is 0 Å². The van der Waals surface area contributed by atoms with Gasteiger partial charge < -0.3 is 5.11 Å². The van der Waals surface area contributed by atoms with Crippen molar-refractivity contribution >= 4 is 0 Å². The van der Waals surface area contributed by atoms with Crippen LogP contribution in [0, 0.1) is 34.0 Å². The van der Waals surface area contributed by atoms with Gasteiger partial charge in [-0.05, 0) is 53.4 Å². The molecule has 0 amide bonds. The zero-order valence-electron chi connectivity index (χ0n) is 10.6. The summed E-state index contributed by atoms with van der Waals surface area (Å²) in [6.45, 7) is 11.6. The zero-order valence-corrected chi connectivity index (χ0v) is 10.6. The molecule has 0 aromatic heterocycles. The first-order chi connectivity index (χ1) is 7.38. The van der Waals surface area contributed by atoms with Gasteiger partial charge in [-0.25, -0.2) is 0 Å².